The summed E-state index contributed by atoms with van der Waals surface area (Å²) >= 11 is 0. The minimum atomic E-state index is 0.819. The summed E-state index contributed by atoms with van der Waals surface area (Å²) in [7, 11) is 0. The number of likely N-dealkylation sites (tertiary alicyclic amines) is 1. The van der Waals surface area contributed by atoms with E-state index in [1.807, 2.05) is 0 Å². The van der Waals surface area contributed by atoms with Crippen LogP contribution in [0.2, 0.25) is 0 Å². The molecular weight excluding hydrogens is 232 g/mol. The first-order valence-electron chi connectivity index (χ1n) is 8.83. The van der Waals surface area contributed by atoms with E-state index in [9.17, 15) is 0 Å². The molecule has 2 heteroatoms. The number of likely N-dealkylation sites (N-methyl/N-ethyl adjacent to an activating group) is 1. The Bertz CT molecular complexity index is 194. The zero-order valence-corrected chi connectivity index (χ0v) is 13.4. The van der Waals surface area contributed by atoms with Gasteiger partial charge in [0.15, 0.2) is 0 Å². The second kappa shape index (κ2) is 11.7. The molecule has 0 aromatic rings. The van der Waals surface area contributed by atoms with Gasteiger partial charge >= 0.3 is 0 Å². The lowest BCUT2D eigenvalue weighted by molar-refractivity contribution is 0.260. The largest absolute Gasteiger partial charge is 0.315 e. The van der Waals surface area contributed by atoms with Gasteiger partial charge in [0.05, 0.1) is 0 Å². The average Bonchev–Trinajstić information content (AvgIpc) is 2.88. The van der Waals surface area contributed by atoms with Gasteiger partial charge < -0.3 is 5.32 Å². The van der Waals surface area contributed by atoms with Crippen molar-refractivity contribution >= 4 is 0 Å². The number of unbranched alkanes of at least 4 members (excludes halogenated alkanes) is 7. The summed E-state index contributed by atoms with van der Waals surface area (Å²) in [5.41, 5.74) is 0. The highest BCUT2D eigenvalue weighted by atomic mass is 15.2. The van der Waals surface area contributed by atoms with Gasteiger partial charge in [0, 0.05) is 12.6 Å². The number of nitrogens with one attached hydrogen (secondary N) is 1. The van der Waals surface area contributed by atoms with Crippen molar-refractivity contribution in [1.29, 1.82) is 0 Å². The average molecular weight is 268 g/mol. The Kier molecular flexibility index (Phi) is 10.5. The van der Waals surface area contributed by atoms with Crippen LogP contribution in [-0.2, 0) is 0 Å². The Balaban J connectivity index is 1.81. The molecule has 1 aliphatic rings. The lowest BCUT2D eigenvalue weighted by atomic mass is 10.1. The molecule has 0 saturated carbocycles. The molecule has 0 aromatic heterocycles. The summed E-state index contributed by atoms with van der Waals surface area (Å²) in [5, 5.41) is 3.66. The molecular formula is C17H36N2. The number of hydrogen-bond acceptors (Lipinski definition) is 2. The molecule has 0 bridgehead atoms. The molecule has 1 saturated heterocycles. The van der Waals surface area contributed by atoms with Crippen LogP contribution in [0, 0.1) is 0 Å². The normalized spacial score (nSPS) is 20.2. The second-order valence-corrected chi connectivity index (χ2v) is 6.10. The number of hydrogen-bond donors (Lipinski definition) is 1. The number of nitrogens with zero attached hydrogens (tertiary/aromatic N) is 1. The van der Waals surface area contributed by atoms with Gasteiger partial charge in [0.25, 0.3) is 0 Å². The Morgan fingerprint density at radius 1 is 0.947 bits per heavy atom. The summed E-state index contributed by atoms with van der Waals surface area (Å²) in [6.45, 7) is 9.56. The van der Waals surface area contributed by atoms with Gasteiger partial charge in [-0.1, -0.05) is 58.8 Å². The molecule has 19 heavy (non-hydrogen) atoms. The Labute approximate surface area is 121 Å². The fraction of sp³-hybridized carbons (Fsp3) is 1.00. The standard InChI is InChI=1S/C17H36N2/c1-3-5-6-7-8-9-10-11-14-18-16-17-13-12-15-19(17)4-2/h17-18H,3-16H2,1-2H3. The summed E-state index contributed by atoms with van der Waals surface area (Å²) in [6, 6.07) is 0.819. The summed E-state index contributed by atoms with van der Waals surface area (Å²) in [6.07, 6.45) is 14.2. The maximum absolute atomic E-state index is 3.66. The molecule has 1 heterocycles. The van der Waals surface area contributed by atoms with Crippen molar-refractivity contribution in [2.45, 2.75) is 84.1 Å². The lowest BCUT2D eigenvalue weighted by Crippen LogP contribution is -2.38. The highest BCUT2D eigenvalue weighted by Crippen LogP contribution is 2.15. The van der Waals surface area contributed by atoms with Crippen molar-refractivity contribution in [3.05, 3.63) is 0 Å². The van der Waals surface area contributed by atoms with E-state index >= 15 is 0 Å². The second-order valence-electron chi connectivity index (χ2n) is 6.10. The summed E-state index contributed by atoms with van der Waals surface area (Å²) in [5.74, 6) is 0. The van der Waals surface area contributed by atoms with E-state index in [1.165, 1.54) is 90.4 Å². The van der Waals surface area contributed by atoms with Crippen molar-refractivity contribution in [1.82, 2.24) is 10.2 Å². The van der Waals surface area contributed by atoms with E-state index in [4.69, 9.17) is 0 Å². The quantitative estimate of drug-likeness (QED) is 0.534. The molecule has 1 N–H and O–H groups in total. The highest BCUT2D eigenvalue weighted by Gasteiger charge is 2.21. The van der Waals surface area contributed by atoms with Crippen LogP contribution in [0.4, 0.5) is 0 Å². The number of rotatable bonds is 12. The first kappa shape index (κ1) is 17.0. The van der Waals surface area contributed by atoms with Crippen molar-refractivity contribution in [3.8, 4) is 0 Å². The maximum Gasteiger partial charge on any atom is 0.0220 e. The van der Waals surface area contributed by atoms with Gasteiger partial charge in [-0.3, -0.25) is 4.90 Å². The fourth-order valence-corrected chi connectivity index (χ4v) is 3.20. The van der Waals surface area contributed by atoms with E-state index in [2.05, 4.69) is 24.1 Å². The molecule has 2 nitrogen and oxygen atoms in total. The molecule has 1 rings (SSSR count). The van der Waals surface area contributed by atoms with E-state index in [1.54, 1.807) is 0 Å². The first-order valence-corrected chi connectivity index (χ1v) is 8.83. The fourth-order valence-electron chi connectivity index (χ4n) is 3.20. The lowest BCUT2D eigenvalue weighted by Gasteiger charge is -2.22. The smallest absolute Gasteiger partial charge is 0.0220 e. The van der Waals surface area contributed by atoms with Crippen LogP contribution in [0.3, 0.4) is 0 Å². The molecule has 0 amide bonds. The van der Waals surface area contributed by atoms with Gasteiger partial charge in [-0.05, 0) is 38.9 Å². The van der Waals surface area contributed by atoms with Crippen LogP contribution in [0.25, 0.3) is 0 Å². The van der Waals surface area contributed by atoms with Crippen LogP contribution >= 0.6 is 0 Å². The molecule has 0 spiro atoms. The molecule has 0 radical (unpaired) electrons. The predicted octanol–water partition coefficient (Wildman–Crippen LogP) is 4.20. The molecule has 1 fully saturated rings. The molecule has 0 aromatic carbocycles. The van der Waals surface area contributed by atoms with Gasteiger partial charge in [-0.15, -0.1) is 0 Å². The predicted molar refractivity (Wildman–Crippen MR) is 85.7 cm³/mol. The zero-order chi connectivity index (χ0) is 13.8. The first-order chi connectivity index (χ1) is 9.38. The van der Waals surface area contributed by atoms with E-state index in [-0.39, 0.29) is 0 Å². The van der Waals surface area contributed by atoms with Crippen molar-refractivity contribution in [3.63, 3.8) is 0 Å². The Morgan fingerprint density at radius 2 is 1.63 bits per heavy atom. The molecule has 114 valence electrons. The van der Waals surface area contributed by atoms with Crippen LogP contribution in [-0.4, -0.2) is 37.1 Å². The van der Waals surface area contributed by atoms with Gasteiger partial charge in [-0.25, -0.2) is 0 Å². The van der Waals surface area contributed by atoms with Gasteiger partial charge in [-0.2, -0.15) is 0 Å². The molecule has 0 aliphatic carbocycles. The van der Waals surface area contributed by atoms with Gasteiger partial charge in [0.2, 0.25) is 0 Å². The minimum absolute atomic E-state index is 0.819. The van der Waals surface area contributed by atoms with Crippen LogP contribution in [0.1, 0.15) is 78.1 Å². The summed E-state index contributed by atoms with van der Waals surface area (Å²) < 4.78 is 0. The third-order valence-corrected chi connectivity index (χ3v) is 4.49. The maximum atomic E-state index is 3.66. The Hall–Kier alpha value is -0.0800. The van der Waals surface area contributed by atoms with Crippen LogP contribution in [0.15, 0.2) is 0 Å². The monoisotopic (exact) mass is 268 g/mol. The zero-order valence-electron chi connectivity index (χ0n) is 13.4. The highest BCUT2D eigenvalue weighted by molar-refractivity contribution is 4.79. The van der Waals surface area contributed by atoms with Crippen molar-refractivity contribution in [2.24, 2.45) is 0 Å². The van der Waals surface area contributed by atoms with Gasteiger partial charge in [0.1, 0.15) is 0 Å². The van der Waals surface area contributed by atoms with E-state index in [0.717, 1.165) is 6.04 Å². The van der Waals surface area contributed by atoms with Crippen molar-refractivity contribution in [2.75, 3.05) is 26.2 Å². The topological polar surface area (TPSA) is 15.3 Å². The summed E-state index contributed by atoms with van der Waals surface area (Å²) in [4.78, 5) is 2.63. The van der Waals surface area contributed by atoms with E-state index in [0.29, 0.717) is 0 Å². The molecule has 1 aliphatic heterocycles. The SMILES string of the molecule is CCCCCCCCCCNCC1CCCN1CC. The minimum Gasteiger partial charge on any atom is -0.315 e. The van der Waals surface area contributed by atoms with E-state index < -0.39 is 0 Å². The third-order valence-electron chi connectivity index (χ3n) is 4.49. The van der Waals surface area contributed by atoms with Crippen LogP contribution in [0.5, 0.6) is 0 Å². The van der Waals surface area contributed by atoms with Crippen molar-refractivity contribution < 1.29 is 0 Å². The molecule has 1 atom stereocenters. The Morgan fingerprint density at radius 3 is 2.32 bits per heavy atom. The molecule has 1 unspecified atom stereocenters. The van der Waals surface area contributed by atoms with Crippen LogP contribution < -0.4 is 5.32 Å². The third kappa shape index (κ3) is 7.94.